The van der Waals surface area contributed by atoms with Crippen LogP contribution in [0.5, 0.6) is 5.75 Å². The second kappa shape index (κ2) is 6.13. The van der Waals surface area contributed by atoms with Gasteiger partial charge in [0.2, 0.25) is 17.7 Å². The van der Waals surface area contributed by atoms with Crippen LogP contribution in [-0.4, -0.2) is 41.3 Å². The first-order chi connectivity index (χ1) is 11.0. The van der Waals surface area contributed by atoms with E-state index in [4.69, 9.17) is 16.3 Å². The monoisotopic (exact) mass is 353 g/mol. The first-order valence-electron chi connectivity index (χ1n) is 6.75. The highest BCUT2D eigenvalue weighted by Crippen LogP contribution is 2.37. The van der Waals surface area contributed by atoms with Crippen molar-refractivity contribution >= 4 is 56.0 Å². The van der Waals surface area contributed by atoms with Crippen LogP contribution in [0, 0.1) is 0 Å². The van der Waals surface area contributed by atoms with Crippen molar-refractivity contribution < 1.29 is 19.1 Å². The van der Waals surface area contributed by atoms with Gasteiger partial charge in [0, 0.05) is 12.8 Å². The van der Waals surface area contributed by atoms with Crippen molar-refractivity contribution in [3.05, 3.63) is 17.2 Å². The molecule has 0 saturated carbocycles. The van der Waals surface area contributed by atoms with Crippen LogP contribution in [-0.2, 0) is 14.4 Å². The second-order valence-electron chi connectivity index (χ2n) is 4.87. The smallest absolute Gasteiger partial charge is 0.246 e. The van der Waals surface area contributed by atoms with Gasteiger partial charge in [0.05, 0.1) is 16.8 Å². The number of amides is 3. The Bertz CT molecular complexity index is 804. The average Bonchev–Trinajstić information content (AvgIpc) is 3.07. The summed E-state index contributed by atoms with van der Waals surface area (Å²) in [5.74, 6) is -0.605. The molecule has 0 bridgehead atoms. The molecule has 1 aliphatic rings. The fourth-order valence-electron chi connectivity index (χ4n) is 2.27. The van der Waals surface area contributed by atoms with Gasteiger partial charge in [-0.1, -0.05) is 22.9 Å². The lowest BCUT2D eigenvalue weighted by Gasteiger charge is -2.12. The largest absolute Gasteiger partial charge is 0.494 e. The van der Waals surface area contributed by atoms with E-state index < -0.39 is 5.91 Å². The lowest BCUT2D eigenvalue weighted by molar-refractivity contribution is -0.141. The van der Waals surface area contributed by atoms with Crippen molar-refractivity contribution in [1.82, 2.24) is 9.88 Å². The van der Waals surface area contributed by atoms with Crippen molar-refractivity contribution in [1.29, 1.82) is 0 Å². The molecule has 9 heteroatoms. The summed E-state index contributed by atoms with van der Waals surface area (Å²) in [4.78, 5) is 40.3. The summed E-state index contributed by atoms with van der Waals surface area (Å²) < 4.78 is 5.90. The van der Waals surface area contributed by atoms with Gasteiger partial charge in [0.1, 0.15) is 17.8 Å². The van der Waals surface area contributed by atoms with E-state index in [1.54, 1.807) is 12.1 Å². The molecule has 0 radical (unpaired) electrons. The molecule has 1 aromatic heterocycles. The zero-order valence-electron chi connectivity index (χ0n) is 12.1. The number of likely N-dealkylation sites (tertiary alicyclic amines) is 1. The number of halogens is 1. The number of hydrogen-bond acceptors (Lipinski definition) is 6. The van der Waals surface area contributed by atoms with Gasteiger partial charge in [-0.05, 0) is 12.1 Å². The van der Waals surface area contributed by atoms with Gasteiger partial charge >= 0.3 is 0 Å². The Morgan fingerprint density at radius 1 is 1.39 bits per heavy atom. The fourth-order valence-corrected chi connectivity index (χ4v) is 3.44. The average molecular weight is 354 g/mol. The Labute approximate surface area is 140 Å². The molecule has 3 amide bonds. The molecule has 2 aromatic rings. The van der Waals surface area contributed by atoms with E-state index in [-0.39, 0.29) is 31.2 Å². The van der Waals surface area contributed by atoms with Crippen molar-refractivity contribution in [2.75, 3.05) is 19.0 Å². The number of imide groups is 1. The minimum Gasteiger partial charge on any atom is -0.494 e. The number of thiazole rings is 1. The predicted octanol–water partition coefficient (Wildman–Crippen LogP) is 2.05. The molecule has 7 nitrogen and oxygen atoms in total. The lowest BCUT2D eigenvalue weighted by atomic mass is 10.3. The molecule has 1 fully saturated rings. The summed E-state index contributed by atoms with van der Waals surface area (Å²) >= 11 is 7.31. The van der Waals surface area contributed by atoms with Gasteiger partial charge in [-0.15, -0.1) is 0 Å². The maximum absolute atomic E-state index is 12.0. The number of anilines is 1. The SMILES string of the molecule is COc1ccc(Cl)c2sc(NC(=O)CN3C(=O)CCC3=O)nc12. The van der Waals surface area contributed by atoms with E-state index in [9.17, 15) is 14.4 Å². The van der Waals surface area contributed by atoms with Crippen molar-refractivity contribution in [2.45, 2.75) is 12.8 Å². The molecule has 0 atom stereocenters. The van der Waals surface area contributed by atoms with Gasteiger partial charge in [-0.2, -0.15) is 0 Å². The number of hydrogen-bond donors (Lipinski definition) is 1. The van der Waals surface area contributed by atoms with Gasteiger partial charge in [-0.25, -0.2) is 4.98 Å². The molecular weight excluding hydrogens is 342 g/mol. The molecule has 1 saturated heterocycles. The number of carbonyl (C=O) groups excluding carboxylic acids is 3. The third kappa shape index (κ3) is 2.99. The van der Waals surface area contributed by atoms with Gasteiger partial charge in [0.15, 0.2) is 5.13 Å². The maximum atomic E-state index is 12.0. The first kappa shape index (κ1) is 15.7. The number of methoxy groups -OCH3 is 1. The zero-order chi connectivity index (χ0) is 16.6. The molecule has 1 aliphatic heterocycles. The van der Waals surface area contributed by atoms with Crippen LogP contribution in [0.15, 0.2) is 12.1 Å². The Morgan fingerprint density at radius 3 is 2.74 bits per heavy atom. The van der Waals surface area contributed by atoms with E-state index in [0.29, 0.717) is 26.1 Å². The predicted molar refractivity (Wildman–Crippen MR) is 85.8 cm³/mol. The molecule has 2 heterocycles. The summed E-state index contributed by atoms with van der Waals surface area (Å²) in [7, 11) is 1.52. The standard InChI is InChI=1S/C14H12ClN3O4S/c1-22-8-3-2-7(15)13-12(8)17-14(23-13)16-9(19)6-18-10(20)4-5-11(18)21/h2-3H,4-6H2,1H3,(H,16,17,19). The van der Waals surface area contributed by atoms with Crippen LogP contribution in [0.2, 0.25) is 5.02 Å². The van der Waals surface area contributed by atoms with Crippen LogP contribution in [0.3, 0.4) is 0 Å². The third-order valence-electron chi connectivity index (χ3n) is 3.38. The summed E-state index contributed by atoms with van der Waals surface area (Å²) in [6, 6.07) is 3.38. The van der Waals surface area contributed by atoms with Gasteiger partial charge < -0.3 is 10.1 Å². The molecule has 0 aliphatic carbocycles. The lowest BCUT2D eigenvalue weighted by Crippen LogP contribution is -2.36. The summed E-state index contributed by atoms with van der Waals surface area (Å²) in [6.45, 7) is -0.307. The molecule has 23 heavy (non-hydrogen) atoms. The van der Waals surface area contributed by atoms with Crippen LogP contribution in [0.1, 0.15) is 12.8 Å². The number of nitrogens with zero attached hydrogens (tertiary/aromatic N) is 2. The summed E-state index contributed by atoms with van der Waals surface area (Å²) in [6.07, 6.45) is 0.306. The normalized spacial score (nSPS) is 14.6. The summed E-state index contributed by atoms with van der Waals surface area (Å²) in [5, 5.41) is 3.42. The molecule has 3 rings (SSSR count). The van der Waals surface area contributed by atoms with Gasteiger partial charge in [0.25, 0.3) is 0 Å². The highest BCUT2D eigenvalue weighted by Gasteiger charge is 2.30. The minimum atomic E-state index is -0.484. The number of rotatable bonds is 4. The Balaban J connectivity index is 1.79. The number of benzene rings is 1. The number of carbonyl (C=O) groups is 3. The van der Waals surface area contributed by atoms with Crippen molar-refractivity contribution in [2.24, 2.45) is 0 Å². The topological polar surface area (TPSA) is 88.6 Å². The van der Waals surface area contributed by atoms with E-state index >= 15 is 0 Å². The second-order valence-corrected chi connectivity index (χ2v) is 6.27. The third-order valence-corrected chi connectivity index (χ3v) is 4.81. The van der Waals surface area contributed by atoms with E-state index in [2.05, 4.69) is 10.3 Å². The molecule has 1 aromatic carbocycles. The molecule has 1 N–H and O–H groups in total. The van der Waals surface area contributed by atoms with Crippen LogP contribution in [0.4, 0.5) is 5.13 Å². The highest BCUT2D eigenvalue weighted by molar-refractivity contribution is 7.23. The zero-order valence-corrected chi connectivity index (χ0v) is 13.7. The molecule has 0 unspecified atom stereocenters. The quantitative estimate of drug-likeness (QED) is 0.850. The Hall–Kier alpha value is -2.19. The van der Waals surface area contributed by atoms with Gasteiger partial charge in [-0.3, -0.25) is 19.3 Å². The van der Waals surface area contributed by atoms with E-state index in [1.807, 2.05) is 0 Å². The Kier molecular flexibility index (Phi) is 4.18. The highest BCUT2D eigenvalue weighted by atomic mass is 35.5. The molecule has 0 spiro atoms. The molecular formula is C14H12ClN3O4S. The minimum absolute atomic E-state index is 0.153. The number of nitrogens with one attached hydrogen (secondary N) is 1. The van der Waals surface area contributed by atoms with Crippen LogP contribution >= 0.6 is 22.9 Å². The number of aromatic nitrogens is 1. The number of ether oxygens (including phenoxy) is 1. The van der Waals surface area contributed by atoms with E-state index in [0.717, 1.165) is 4.90 Å². The first-order valence-corrected chi connectivity index (χ1v) is 7.95. The van der Waals surface area contributed by atoms with Crippen LogP contribution in [0.25, 0.3) is 10.2 Å². The number of fused-ring (bicyclic) bond motifs is 1. The van der Waals surface area contributed by atoms with Crippen LogP contribution < -0.4 is 10.1 Å². The van der Waals surface area contributed by atoms with Crippen molar-refractivity contribution in [3.63, 3.8) is 0 Å². The summed E-state index contributed by atoms with van der Waals surface area (Å²) in [5.41, 5.74) is 0.550. The van der Waals surface area contributed by atoms with E-state index in [1.165, 1.54) is 18.4 Å². The molecule has 120 valence electrons. The fraction of sp³-hybridized carbons (Fsp3) is 0.286. The Morgan fingerprint density at radius 2 is 2.09 bits per heavy atom. The van der Waals surface area contributed by atoms with Crippen molar-refractivity contribution in [3.8, 4) is 5.75 Å². The maximum Gasteiger partial charge on any atom is 0.246 e.